The summed E-state index contributed by atoms with van der Waals surface area (Å²) in [7, 11) is 0. The number of aliphatic carboxylic acids is 1. The number of carboxylic acid groups (broad SMARTS) is 1. The number of carboxylic acids is 1. The Labute approximate surface area is 190 Å². The molecule has 0 heterocycles. The topological polar surface area (TPSA) is 37.3 Å². The van der Waals surface area contributed by atoms with Gasteiger partial charge in [-0.3, -0.25) is 4.79 Å². The predicted molar refractivity (Wildman–Crippen MR) is 133 cm³/mol. The van der Waals surface area contributed by atoms with Crippen LogP contribution in [0.2, 0.25) is 0 Å². The van der Waals surface area contributed by atoms with Gasteiger partial charge in [-0.15, -0.1) is 0 Å². The largest absolute Gasteiger partial charge is 0.481 e. The van der Waals surface area contributed by atoms with Gasteiger partial charge in [0.1, 0.15) is 0 Å². The van der Waals surface area contributed by atoms with Gasteiger partial charge >= 0.3 is 5.97 Å². The van der Waals surface area contributed by atoms with E-state index >= 15 is 0 Å². The number of rotatable bonds is 23. The molecule has 0 radical (unpaired) electrons. The Morgan fingerprint density at radius 2 is 0.700 bits per heavy atom. The van der Waals surface area contributed by atoms with E-state index in [1.54, 1.807) is 0 Å². The van der Waals surface area contributed by atoms with E-state index in [2.05, 4.69) is 27.7 Å². The zero-order valence-electron chi connectivity index (χ0n) is 21.2. The van der Waals surface area contributed by atoms with Crippen molar-refractivity contribution in [3.05, 3.63) is 0 Å². The third-order valence-electron chi connectivity index (χ3n) is 6.52. The summed E-state index contributed by atoms with van der Waals surface area (Å²) >= 11 is 0. The minimum atomic E-state index is -0.566. The monoisotopic (exact) mass is 424 g/mol. The first-order valence-electron chi connectivity index (χ1n) is 13.7. The van der Waals surface area contributed by atoms with E-state index in [1.165, 1.54) is 103 Å². The quantitative estimate of drug-likeness (QED) is 0.166. The molecule has 0 aromatic rings. The molecule has 2 nitrogen and oxygen atoms in total. The van der Waals surface area contributed by atoms with Crippen LogP contribution in [-0.2, 0) is 4.79 Å². The Morgan fingerprint density at radius 1 is 0.467 bits per heavy atom. The second-order valence-corrected chi connectivity index (χ2v) is 10.6. The van der Waals surface area contributed by atoms with Crippen LogP contribution in [0.25, 0.3) is 0 Å². The van der Waals surface area contributed by atoms with Crippen LogP contribution < -0.4 is 0 Å². The molecule has 0 aromatic carbocycles. The Kier molecular flexibility index (Phi) is 21.3. The van der Waals surface area contributed by atoms with Crippen molar-refractivity contribution >= 4 is 5.97 Å². The van der Waals surface area contributed by atoms with Gasteiger partial charge in [-0.2, -0.15) is 0 Å². The minimum Gasteiger partial charge on any atom is -0.481 e. The van der Waals surface area contributed by atoms with Gasteiger partial charge in [-0.1, -0.05) is 143 Å². The molecule has 0 aliphatic rings. The van der Waals surface area contributed by atoms with Gasteiger partial charge in [0.25, 0.3) is 0 Å². The number of hydrogen-bond acceptors (Lipinski definition) is 1. The van der Waals surface area contributed by atoms with Crippen molar-refractivity contribution in [3.63, 3.8) is 0 Å². The molecule has 180 valence electrons. The molecule has 0 spiro atoms. The van der Waals surface area contributed by atoms with Crippen molar-refractivity contribution in [1.29, 1.82) is 0 Å². The van der Waals surface area contributed by atoms with Gasteiger partial charge in [0.2, 0.25) is 0 Å². The van der Waals surface area contributed by atoms with E-state index in [-0.39, 0.29) is 5.92 Å². The van der Waals surface area contributed by atoms with E-state index in [4.69, 9.17) is 0 Å². The minimum absolute atomic E-state index is 0.101. The molecule has 0 rings (SSSR count). The van der Waals surface area contributed by atoms with E-state index in [1.807, 2.05) is 0 Å². The maximum Gasteiger partial charge on any atom is 0.306 e. The number of unbranched alkanes of at least 4 members (excludes halogenated alkanes) is 14. The second kappa shape index (κ2) is 21.7. The first kappa shape index (κ1) is 29.5. The van der Waals surface area contributed by atoms with Crippen molar-refractivity contribution in [3.8, 4) is 0 Å². The van der Waals surface area contributed by atoms with Gasteiger partial charge in [-0.05, 0) is 24.7 Å². The smallest absolute Gasteiger partial charge is 0.306 e. The van der Waals surface area contributed by atoms with Gasteiger partial charge in [0.05, 0.1) is 5.92 Å². The van der Waals surface area contributed by atoms with Crippen molar-refractivity contribution in [2.24, 2.45) is 17.8 Å². The fraction of sp³-hybridized carbons (Fsp3) is 0.964. The van der Waals surface area contributed by atoms with Crippen molar-refractivity contribution in [2.45, 2.75) is 156 Å². The predicted octanol–water partition coefficient (Wildman–Crippen LogP) is 9.80. The molecule has 1 atom stereocenters. The summed E-state index contributed by atoms with van der Waals surface area (Å²) in [6.45, 7) is 9.21. The van der Waals surface area contributed by atoms with Gasteiger partial charge < -0.3 is 5.11 Å². The van der Waals surface area contributed by atoms with Crippen LogP contribution >= 0.6 is 0 Å². The average Bonchev–Trinajstić information content (AvgIpc) is 2.68. The summed E-state index contributed by atoms with van der Waals surface area (Å²) in [6.07, 6.45) is 25.5. The van der Waals surface area contributed by atoms with E-state index in [0.29, 0.717) is 0 Å². The van der Waals surface area contributed by atoms with Crippen LogP contribution in [-0.4, -0.2) is 11.1 Å². The fourth-order valence-corrected chi connectivity index (χ4v) is 4.40. The molecule has 1 N–H and O–H groups in total. The SMILES string of the molecule is CC(C)CCCCCCCCCCCCCC(CCCCCCCC(C)C)C(=O)O. The molecule has 2 heteroatoms. The van der Waals surface area contributed by atoms with Crippen LogP contribution in [0.15, 0.2) is 0 Å². The molecule has 0 aliphatic heterocycles. The summed E-state index contributed by atoms with van der Waals surface area (Å²) < 4.78 is 0. The number of carbonyl (C=O) groups is 1. The third-order valence-corrected chi connectivity index (χ3v) is 6.52. The maximum atomic E-state index is 11.5. The van der Waals surface area contributed by atoms with Crippen molar-refractivity contribution in [2.75, 3.05) is 0 Å². The third kappa shape index (κ3) is 22.2. The molecular weight excluding hydrogens is 368 g/mol. The second-order valence-electron chi connectivity index (χ2n) is 10.6. The van der Waals surface area contributed by atoms with E-state index in [0.717, 1.165) is 37.5 Å². The van der Waals surface area contributed by atoms with Crippen LogP contribution in [0.1, 0.15) is 156 Å². The lowest BCUT2D eigenvalue weighted by Gasteiger charge is -2.12. The molecule has 0 bridgehead atoms. The first-order chi connectivity index (χ1) is 14.4. The van der Waals surface area contributed by atoms with Gasteiger partial charge in [0, 0.05) is 0 Å². The Balaban J connectivity index is 3.44. The molecule has 0 saturated carbocycles. The summed E-state index contributed by atoms with van der Waals surface area (Å²) in [5, 5.41) is 9.48. The fourth-order valence-electron chi connectivity index (χ4n) is 4.40. The zero-order valence-corrected chi connectivity index (χ0v) is 21.2. The Morgan fingerprint density at radius 3 is 0.933 bits per heavy atom. The van der Waals surface area contributed by atoms with Crippen LogP contribution in [0.3, 0.4) is 0 Å². The van der Waals surface area contributed by atoms with E-state index < -0.39 is 5.97 Å². The zero-order chi connectivity index (χ0) is 22.5. The summed E-state index contributed by atoms with van der Waals surface area (Å²) in [5.74, 6) is 1.01. The van der Waals surface area contributed by atoms with E-state index in [9.17, 15) is 9.90 Å². The average molecular weight is 425 g/mol. The van der Waals surface area contributed by atoms with Crippen LogP contribution in [0, 0.1) is 17.8 Å². The molecule has 0 amide bonds. The molecule has 0 saturated heterocycles. The lowest BCUT2D eigenvalue weighted by molar-refractivity contribution is -0.142. The Hall–Kier alpha value is -0.530. The molecule has 1 unspecified atom stereocenters. The molecule has 0 fully saturated rings. The Bertz CT molecular complexity index is 362. The highest BCUT2D eigenvalue weighted by molar-refractivity contribution is 5.69. The highest BCUT2D eigenvalue weighted by Crippen LogP contribution is 2.20. The van der Waals surface area contributed by atoms with Crippen molar-refractivity contribution < 1.29 is 9.90 Å². The number of hydrogen-bond donors (Lipinski definition) is 1. The van der Waals surface area contributed by atoms with Crippen molar-refractivity contribution in [1.82, 2.24) is 0 Å². The normalized spacial score (nSPS) is 12.7. The van der Waals surface area contributed by atoms with Gasteiger partial charge in [-0.25, -0.2) is 0 Å². The first-order valence-corrected chi connectivity index (χ1v) is 13.7. The molecule has 0 aliphatic carbocycles. The van der Waals surface area contributed by atoms with Crippen LogP contribution in [0.5, 0.6) is 0 Å². The van der Waals surface area contributed by atoms with Crippen LogP contribution in [0.4, 0.5) is 0 Å². The van der Waals surface area contributed by atoms with Gasteiger partial charge in [0.15, 0.2) is 0 Å². The highest BCUT2D eigenvalue weighted by Gasteiger charge is 2.16. The summed E-state index contributed by atoms with van der Waals surface area (Å²) in [4.78, 5) is 11.5. The standard InChI is InChI=1S/C28H56O2/c1-25(2)21-17-13-10-8-6-5-7-9-11-15-19-23-27(28(29)30)24-20-16-12-14-18-22-26(3)4/h25-27H,5-24H2,1-4H3,(H,29,30). The molecule has 0 aromatic heterocycles. The lowest BCUT2D eigenvalue weighted by atomic mass is 9.94. The summed E-state index contributed by atoms with van der Waals surface area (Å²) in [6, 6.07) is 0. The molecule has 30 heavy (non-hydrogen) atoms. The highest BCUT2D eigenvalue weighted by atomic mass is 16.4. The maximum absolute atomic E-state index is 11.5. The summed E-state index contributed by atoms with van der Waals surface area (Å²) in [5.41, 5.74) is 0. The molecular formula is C28H56O2. The lowest BCUT2D eigenvalue weighted by Crippen LogP contribution is -2.13.